The molecular formula is C24H22F4N4O2. The number of hydrogen-bond acceptors (Lipinski definition) is 4. The van der Waals surface area contributed by atoms with Crippen LogP contribution in [-0.4, -0.2) is 42.4 Å². The van der Waals surface area contributed by atoms with Crippen LogP contribution in [-0.2, 0) is 11.0 Å². The van der Waals surface area contributed by atoms with E-state index in [1.807, 2.05) is 0 Å². The van der Waals surface area contributed by atoms with Gasteiger partial charge in [-0.25, -0.2) is 4.39 Å². The summed E-state index contributed by atoms with van der Waals surface area (Å²) in [7, 11) is 0. The van der Waals surface area contributed by atoms with E-state index in [9.17, 15) is 27.2 Å². The van der Waals surface area contributed by atoms with Gasteiger partial charge in [-0.15, -0.1) is 0 Å². The highest BCUT2D eigenvalue weighted by molar-refractivity contribution is 5.97. The Morgan fingerprint density at radius 2 is 1.82 bits per heavy atom. The number of benzene rings is 2. The van der Waals surface area contributed by atoms with Crippen LogP contribution in [0.5, 0.6) is 0 Å². The fraction of sp³-hybridized carbons (Fsp3) is 0.375. The van der Waals surface area contributed by atoms with Crippen molar-refractivity contribution in [2.45, 2.75) is 31.5 Å². The second-order valence-corrected chi connectivity index (χ2v) is 8.89. The summed E-state index contributed by atoms with van der Waals surface area (Å²) < 4.78 is 53.7. The fourth-order valence-corrected chi connectivity index (χ4v) is 4.97. The SMILES string of the molecule is N#Cc1ccc(N2CCC3(CC2)CC(C(N)=O)N(C(=O)c2cccc(F)c2)C3)cc1C(F)(F)F. The summed E-state index contributed by atoms with van der Waals surface area (Å²) in [5.74, 6) is -1.69. The zero-order valence-electron chi connectivity index (χ0n) is 18.1. The molecule has 0 saturated carbocycles. The largest absolute Gasteiger partial charge is 0.417 e. The monoisotopic (exact) mass is 474 g/mol. The molecule has 4 rings (SSSR count). The average molecular weight is 474 g/mol. The Morgan fingerprint density at radius 3 is 2.41 bits per heavy atom. The highest BCUT2D eigenvalue weighted by Crippen LogP contribution is 2.45. The summed E-state index contributed by atoms with van der Waals surface area (Å²) in [5, 5.41) is 9.00. The van der Waals surface area contributed by atoms with E-state index in [1.54, 1.807) is 11.0 Å². The van der Waals surface area contributed by atoms with Crippen molar-refractivity contribution in [2.75, 3.05) is 24.5 Å². The number of nitrogens with two attached hydrogens (primary N) is 1. The summed E-state index contributed by atoms with van der Waals surface area (Å²) in [6, 6.07) is 9.60. The second kappa shape index (κ2) is 8.63. The van der Waals surface area contributed by atoms with Gasteiger partial charge in [0.2, 0.25) is 5.91 Å². The minimum absolute atomic E-state index is 0.123. The average Bonchev–Trinajstić information content (AvgIpc) is 3.17. The molecule has 0 aromatic heterocycles. The molecule has 1 unspecified atom stereocenters. The summed E-state index contributed by atoms with van der Waals surface area (Å²) in [6.07, 6.45) is -3.23. The molecule has 2 fully saturated rings. The molecule has 2 amide bonds. The van der Waals surface area contributed by atoms with E-state index in [2.05, 4.69) is 0 Å². The van der Waals surface area contributed by atoms with Crippen LogP contribution >= 0.6 is 0 Å². The van der Waals surface area contributed by atoms with Crippen LogP contribution in [0, 0.1) is 22.6 Å². The molecule has 34 heavy (non-hydrogen) atoms. The van der Waals surface area contributed by atoms with Crippen LogP contribution in [0.25, 0.3) is 0 Å². The van der Waals surface area contributed by atoms with E-state index in [0.717, 1.165) is 12.1 Å². The van der Waals surface area contributed by atoms with Gasteiger partial charge in [0.25, 0.3) is 5.91 Å². The molecule has 0 aliphatic carbocycles. The molecule has 1 spiro atoms. The molecule has 0 radical (unpaired) electrons. The van der Waals surface area contributed by atoms with E-state index in [1.165, 1.54) is 35.2 Å². The number of hydrogen-bond donors (Lipinski definition) is 1. The number of nitrogens with zero attached hydrogens (tertiary/aromatic N) is 3. The maximum atomic E-state index is 13.6. The molecule has 178 valence electrons. The summed E-state index contributed by atoms with van der Waals surface area (Å²) in [5.41, 5.74) is 4.23. The van der Waals surface area contributed by atoms with Gasteiger partial charge in [-0.2, -0.15) is 18.4 Å². The third-order valence-electron chi connectivity index (χ3n) is 6.79. The number of carbonyl (C=O) groups is 2. The number of likely N-dealkylation sites (tertiary alicyclic amines) is 1. The van der Waals surface area contributed by atoms with Crippen molar-refractivity contribution in [1.82, 2.24) is 4.90 Å². The lowest BCUT2D eigenvalue weighted by molar-refractivity contribution is -0.137. The minimum Gasteiger partial charge on any atom is -0.371 e. The van der Waals surface area contributed by atoms with Crippen LogP contribution in [0.1, 0.15) is 40.7 Å². The van der Waals surface area contributed by atoms with Crippen molar-refractivity contribution >= 4 is 17.5 Å². The van der Waals surface area contributed by atoms with Crippen LogP contribution in [0.15, 0.2) is 42.5 Å². The number of alkyl halides is 3. The van der Waals surface area contributed by atoms with Crippen molar-refractivity contribution in [1.29, 1.82) is 5.26 Å². The molecule has 6 nitrogen and oxygen atoms in total. The molecule has 2 saturated heterocycles. The van der Waals surface area contributed by atoms with Gasteiger partial charge in [-0.3, -0.25) is 9.59 Å². The third-order valence-corrected chi connectivity index (χ3v) is 6.79. The highest BCUT2D eigenvalue weighted by Gasteiger charge is 2.49. The maximum absolute atomic E-state index is 13.6. The van der Waals surface area contributed by atoms with Crippen molar-refractivity contribution in [3.8, 4) is 6.07 Å². The molecule has 2 aliphatic heterocycles. The number of primary amides is 1. The predicted molar refractivity (Wildman–Crippen MR) is 115 cm³/mol. The first-order chi connectivity index (χ1) is 16.0. The van der Waals surface area contributed by atoms with Crippen molar-refractivity contribution in [3.05, 3.63) is 65.0 Å². The van der Waals surface area contributed by atoms with Gasteiger partial charge in [0.15, 0.2) is 0 Å². The molecule has 2 aliphatic rings. The topological polar surface area (TPSA) is 90.4 Å². The molecule has 2 aromatic carbocycles. The molecule has 10 heteroatoms. The van der Waals surface area contributed by atoms with Crippen molar-refractivity contribution in [3.63, 3.8) is 0 Å². The molecule has 1 atom stereocenters. The van der Waals surface area contributed by atoms with E-state index in [4.69, 9.17) is 11.0 Å². The second-order valence-electron chi connectivity index (χ2n) is 8.89. The predicted octanol–water partition coefficient (Wildman–Crippen LogP) is 3.70. The Hall–Kier alpha value is -3.61. The summed E-state index contributed by atoms with van der Waals surface area (Å²) >= 11 is 0. The zero-order chi connectivity index (χ0) is 24.7. The van der Waals surface area contributed by atoms with E-state index >= 15 is 0 Å². The first-order valence-electron chi connectivity index (χ1n) is 10.8. The van der Waals surface area contributed by atoms with Gasteiger partial charge >= 0.3 is 6.18 Å². The number of rotatable bonds is 3. The number of piperidine rings is 1. The first-order valence-corrected chi connectivity index (χ1v) is 10.8. The molecule has 2 N–H and O–H groups in total. The third kappa shape index (κ3) is 4.42. The van der Waals surface area contributed by atoms with Crippen LogP contribution in [0.3, 0.4) is 0 Å². The van der Waals surface area contributed by atoms with Crippen molar-refractivity contribution in [2.24, 2.45) is 11.1 Å². The normalized spacial score (nSPS) is 19.8. The molecule has 2 aromatic rings. The lowest BCUT2D eigenvalue weighted by Crippen LogP contribution is -2.44. The summed E-state index contributed by atoms with van der Waals surface area (Å²) in [4.78, 5) is 28.3. The number of halogens is 4. The Bertz CT molecular complexity index is 1170. The first kappa shape index (κ1) is 23.5. The fourth-order valence-electron chi connectivity index (χ4n) is 4.97. The zero-order valence-corrected chi connectivity index (χ0v) is 18.1. The van der Waals surface area contributed by atoms with Crippen LogP contribution in [0.4, 0.5) is 23.2 Å². The molecule has 0 bridgehead atoms. The number of nitriles is 1. The smallest absolute Gasteiger partial charge is 0.371 e. The highest BCUT2D eigenvalue weighted by atomic mass is 19.4. The van der Waals surface area contributed by atoms with Gasteiger partial charge in [-0.1, -0.05) is 6.07 Å². The Kier molecular flexibility index (Phi) is 5.98. The Morgan fingerprint density at radius 1 is 1.12 bits per heavy atom. The van der Waals surface area contributed by atoms with Crippen LogP contribution < -0.4 is 10.6 Å². The van der Waals surface area contributed by atoms with Gasteiger partial charge < -0.3 is 15.5 Å². The van der Waals surface area contributed by atoms with Gasteiger partial charge in [0.05, 0.1) is 17.2 Å². The number of amides is 2. The lowest BCUT2D eigenvalue weighted by Gasteiger charge is -2.40. The van der Waals surface area contributed by atoms with Gasteiger partial charge in [0, 0.05) is 30.9 Å². The van der Waals surface area contributed by atoms with Gasteiger partial charge in [-0.05, 0) is 61.1 Å². The number of anilines is 1. The quantitative estimate of drug-likeness (QED) is 0.687. The molecular weight excluding hydrogens is 452 g/mol. The standard InChI is InChI=1S/C24H22F4N4O2/c25-17-3-1-2-15(10-17)22(34)32-14-23(12-20(32)21(30)33)6-8-31(9-7-23)18-5-4-16(13-29)19(11-18)24(26,27)28/h1-5,10-11,20H,6-9,12,14H2,(H2,30,33). The van der Waals surface area contributed by atoms with Crippen molar-refractivity contribution < 1.29 is 27.2 Å². The van der Waals surface area contributed by atoms with E-state index < -0.39 is 46.4 Å². The Labute approximate surface area is 193 Å². The Balaban J connectivity index is 1.52. The van der Waals surface area contributed by atoms with E-state index in [0.29, 0.717) is 38.0 Å². The minimum atomic E-state index is -4.64. The number of carbonyl (C=O) groups excluding carboxylic acids is 2. The summed E-state index contributed by atoms with van der Waals surface area (Å²) in [6.45, 7) is 1.08. The lowest BCUT2D eigenvalue weighted by atomic mass is 9.76. The van der Waals surface area contributed by atoms with Gasteiger partial charge in [0.1, 0.15) is 11.9 Å². The van der Waals surface area contributed by atoms with Crippen LogP contribution in [0.2, 0.25) is 0 Å². The maximum Gasteiger partial charge on any atom is 0.417 e. The molecule has 2 heterocycles. The van der Waals surface area contributed by atoms with E-state index in [-0.39, 0.29) is 12.1 Å².